The summed E-state index contributed by atoms with van der Waals surface area (Å²) >= 11 is 0. The summed E-state index contributed by atoms with van der Waals surface area (Å²) in [5.41, 5.74) is 1.45. The Hall–Kier alpha value is -4.03. The molecule has 43 heavy (non-hydrogen) atoms. The molecule has 1 fully saturated rings. The van der Waals surface area contributed by atoms with Gasteiger partial charge in [-0.2, -0.15) is 19.4 Å². The van der Waals surface area contributed by atoms with E-state index in [-0.39, 0.29) is 22.6 Å². The molecule has 8 nitrogen and oxygen atoms in total. The first-order valence-corrected chi connectivity index (χ1v) is 15.0. The van der Waals surface area contributed by atoms with E-state index < -0.39 is 35.5 Å². The number of benzene rings is 2. The SMILES string of the molecule is C[C@@H]1C[C@H](C)CN(c2cccc(-c3ccc4cnc(CNC(=O)c5cc(COC(F)F)cc([S-](=N)=O)c5)cc4c3F)n2)C1. The summed E-state index contributed by atoms with van der Waals surface area (Å²) in [5, 5.41) is 3.57. The number of nitrogens with zero attached hydrogens (tertiary/aromatic N) is 3. The Bertz CT molecular complexity index is 1710. The van der Waals surface area contributed by atoms with Crippen LogP contribution in [0, 0.1) is 22.4 Å². The van der Waals surface area contributed by atoms with E-state index in [0.29, 0.717) is 39.6 Å². The number of nitrogens with one attached hydrogen (secondary N) is 2. The number of alkyl halides is 2. The molecule has 1 amide bonds. The highest BCUT2D eigenvalue weighted by Crippen LogP contribution is 2.31. The molecule has 5 rings (SSSR count). The van der Waals surface area contributed by atoms with E-state index in [9.17, 15) is 17.8 Å². The van der Waals surface area contributed by atoms with E-state index in [1.165, 1.54) is 30.8 Å². The van der Waals surface area contributed by atoms with E-state index in [1.807, 2.05) is 12.1 Å². The van der Waals surface area contributed by atoms with Crippen molar-refractivity contribution in [2.24, 2.45) is 11.8 Å². The molecule has 0 aliphatic carbocycles. The molecular weight excluding hydrogens is 579 g/mol. The van der Waals surface area contributed by atoms with Crippen LogP contribution in [0.3, 0.4) is 0 Å². The van der Waals surface area contributed by atoms with Gasteiger partial charge in [-0.15, -0.1) is 0 Å². The van der Waals surface area contributed by atoms with Gasteiger partial charge in [-0.1, -0.05) is 43.0 Å². The van der Waals surface area contributed by atoms with Crippen LogP contribution in [-0.4, -0.2) is 35.6 Å². The van der Waals surface area contributed by atoms with Crippen molar-refractivity contribution < 1.29 is 26.9 Å². The third-order valence-corrected chi connectivity index (χ3v) is 8.01. The maximum Gasteiger partial charge on any atom is 0.345 e. The van der Waals surface area contributed by atoms with E-state index in [4.69, 9.17) is 9.76 Å². The fraction of sp³-hybridized carbons (Fsp3) is 0.323. The van der Waals surface area contributed by atoms with E-state index in [1.54, 1.807) is 24.3 Å². The molecule has 1 aliphatic heterocycles. The number of rotatable bonds is 9. The number of piperidine rings is 1. The van der Waals surface area contributed by atoms with Crippen molar-refractivity contribution in [3.05, 3.63) is 83.4 Å². The first-order chi connectivity index (χ1) is 20.6. The normalized spacial score (nSPS) is 17.1. The largest absolute Gasteiger partial charge is 0.440 e. The fourth-order valence-electron chi connectivity index (χ4n) is 5.53. The summed E-state index contributed by atoms with van der Waals surface area (Å²) in [7, 11) is -2.20. The number of carbonyl (C=O) groups is 1. The van der Waals surface area contributed by atoms with Gasteiger partial charge in [-0.25, -0.2) is 9.37 Å². The van der Waals surface area contributed by atoms with E-state index in [2.05, 4.69) is 33.8 Å². The Labute approximate surface area is 249 Å². The van der Waals surface area contributed by atoms with Crippen molar-refractivity contribution in [2.75, 3.05) is 18.0 Å². The lowest BCUT2D eigenvalue weighted by molar-refractivity contribution is -0.137. The minimum atomic E-state index is -3.02. The molecule has 1 saturated heterocycles. The second-order valence-corrected chi connectivity index (χ2v) is 12.0. The van der Waals surface area contributed by atoms with Gasteiger partial charge in [0.2, 0.25) is 0 Å². The Morgan fingerprint density at radius 2 is 1.91 bits per heavy atom. The molecule has 12 heteroatoms. The van der Waals surface area contributed by atoms with E-state index in [0.717, 1.165) is 18.9 Å². The van der Waals surface area contributed by atoms with Crippen LogP contribution in [0.2, 0.25) is 0 Å². The standard InChI is InChI=1S/C31H31F3N5O3S/c1-18-8-19(2)16-39(15-18)28-5-3-4-27(38-28)25-7-6-21-13-36-23(12-26(21)29(25)32)14-37-30(40)22-9-20(17-42-31(33)34)10-24(11-22)43(35)41/h3-7,9-13,18-19,31,35H,8,14-17H2,1-2H3,(H,37,40)/q-1/t18-,19+. The number of ether oxygens (including phenoxy) is 1. The molecule has 0 saturated carbocycles. The van der Waals surface area contributed by atoms with Gasteiger partial charge in [0.25, 0.3) is 5.91 Å². The minimum Gasteiger partial charge on any atom is -0.440 e. The van der Waals surface area contributed by atoms with Crippen molar-refractivity contribution in [1.82, 2.24) is 15.3 Å². The van der Waals surface area contributed by atoms with Gasteiger partial charge in [-0.05, 0) is 54.2 Å². The number of aromatic nitrogens is 2. The number of amides is 1. The molecule has 2 N–H and O–H groups in total. The highest BCUT2D eigenvalue weighted by atomic mass is 32.2. The first kappa shape index (κ1) is 30.4. The van der Waals surface area contributed by atoms with Crippen LogP contribution in [-0.2, 0) is 32.7 Å². The number of hydrogen-bond donors (Lipinski definition) is 2. The van der Waals surface area contributed by atoms with Gasteiger partial charge in [0.05, 0.1) is 24.5 Å². The molecule has 0 unspecified atom stereocenters. The molecule has 1 aliphatic rings. The monoisotopic (exact) mass is 610 g/mol. The van der Waals surface area contributed by atoms with Crippen LogP contribution >= 0.6 is 0 Å². The Kier molecular flexibility index (Phi) is 9.26. The molecule has 4 aromatic rings. The lowest BCUT2D eigenvalue weighted by Crippen LogP contribution is -2.39. The molecule has 0 radical (unpaired) electrons. The number of carbonyl (C=O) groups excluding carboxylic acids is 1. The van der Waals surface area contributed by atoms with Gasteiger partial charge in [0, 0.05) is 41.2 Å². The second kappa shape index (κ2) is 13.1. The Balaban J connectivity index is 1.36. The van der Waals surface area contributed by atoms with Crippen molar-refractivity contribution >= 4 is 33.1 Å². The van der Waals surface area contributed by atoms with Crippen LogP contribution < -0.4 is 10.2 Å². The maximum atomic E-state index is 15.9. The van der Waals surface area contributed by atoms with Crippen LogP contribution in [0.1, 0.15) is 41.9 Å². The van der Waals surface area contributed by atoms with Crippen LogP contribution in [0.5, 0.6) is 0 Å². The molecule has 2 atom stereocenters. The molecule has 2 aromatic heterocycles. The quantitative estimate of drug-likeness (QED) is 0.205. The molecule has 0 bridgehead atoms. The number of anilines is 1. The summed E-state index contributed by atoms with van der Waals surface area (Å²) in [4.78, 5) is 24.2. The van der Waals surface area contributed by atoms with Gasteiger partial charge in [0.15, 0.2) is 0 Å². The fourth-order valence-corrected chi connectivity index (χ4v) is 6.02. The molecular formula is C31H31F3N5O3S-. The average Bonchev–Trinajstić information content (AvgIpc) is 2.98. The van der Waals surface area contributed by atoms with E-state index >= 15 is 4.39 Å². The van der Waals surface area contributed by atoms with Crippen molar-refractivity contribution in [1.29, 1.82) is 4.78 Å². The van der Waals surface area contributed by atoms with Gasteiger partial charge < -0.3 is 23.9 Å². The molecule has 2 aromatic carbocycles. The summed E-state index contributed by atoms with van der Waals surface area (Å²) in [6, 6.07) is 14.5. The maximum absolute atomic E-state index is 15.9. The number of hydrogen-bond acceptors (Lipinski definition) is 8. The van der Waals surface area contributed by atoms with Crippen LogP contribution in [0.4, 0.5) is 19.0 Å². The van der Waals surface area contributed by atoms with Gasteiger partial charge >= 0.3 is 6.61 Å². The summed E-state index contributed by atoms with van der Waals surface area (Å²) in [5.74, 6) is 0.849. The van der Waals surface area contributed by atoms with Gasteiger partial charge in [0.1, 0.15) is 11.6 Å². The van der Waals surface area contributed by atoms with Crippen molar-refractivity contribution in [3.63, 3.8) is 0 Å². The predicted molar refractivity (Wildman–Crippen MR) is 158 cm³/mol. The zero-order valence-electron chi connectivity index (χ0n) is 23.6. The van der Waals surface area contributed by atoms with Crippen LogP contribution in [0.25, 0.3) is 22.0 Å². The molecule has 0 spiro atoms. The molecule has 3 heterocycles. The zero-order valence-corrected chi connectivity index (χ0v) is 24.5. The summed E-state index contributed by atoms with van der Waals surface area (Å²) in [6.45, 7) is 2.65. The van der Waals surface area contributed by atoms with Crippen LogP contribution in [0.15, 0.2) is 65.7 Å². The average molecular weight is 611 g/mol. The predicted octanol–water partition coefficient (Wildman–Crippen LogP) is 6.67. The smallest absolute Gasteiger partial charge is 0.345 e. The Morgan fingerprint density at radius 3 is 2.63 bits per heavy atom. The second-order valence-electron chi connectivity index (χ2n) is 10.9. The highest BCUT2D eigenvalue weighted by Gasteiger charge is 2.23. The first-order valence-electron chi connectivity index (χ1n) is 13.8. The number of pyridine rings is 2. The van der Waals surface area contributed by atoms with Crippen molar-refractivity contribution in [2.45, 2.75) is 44.9 Å². The third kappa shape index (κ3) is 7.31. The third-order valence-electron chi connectivity index (χ3n) is 7.35. The lowest BCUT2D eigenvalue weighted by atomic mass is 9.92. The summed E-state index contributed by atoms with van der Waals surface area (Å²) in [6.07, 6.45) is 2.69. The number of halogens is 3. The lowest BCUT2D eigenvalue weighted by Gasteiger charge is -2.36. The highest BCUT2D eigenvalue weighted by molar-refractivity contribution is 7.73. The molecule has 226 valence electrons. The van der Waals surface area contributed by atoms with Gasteiger partial charge in [-0.3, -0.25) is 9.78 Å². The minimum absolute atomic E-state index is 0.0173. The topological polar surface area (TPSA) is 108 Å². The summed E-state index contributed by atoms with van der Waals surface area (Å²) < 4.78 is 64.3. The zero-order chi connectivity index (χ0) is 30.7. The Morgan fingerprint density at radius 1 is 1.14 bits per heavy atom. The van der Waals surface area contributed by atoms with Crippen molar-refractivity contribution in [3.8, 4) is 11.3 Å². The number of fused-ring (bicyclic) bond motifs is 1.